The summed E-state index contributed by atoms with van der Waals surface area (Å²) in [5, 5.41) is 4.53. The van der Waals surface area contributed by atoms with Gasteiger partial charge < -0.3 is 0 Å². The molecule has 0 radical (unpaired) electrons. The van der Waals surface area contributed by atoms with Crippen LogP contribution in [-0.2, 0) is 10.0 Å². The van der Waals surface area contributed by atoms with E-state index in [0.29, 0.717) is 17.6 Å². The van der Waals surface area contributed by atoms with Gasteiger partial charge >= 0.3 is 0 Å². The first-order valence-corrected chi connectivity index (χ1v) is 11.5. The van der Waals surface area contributed by atoms with E-state index in [1.54, 1.807) is 12.4 Å². The van der Waals surface area contributed by atoms with Crippen molar-refractivity contribution < 1.29 is 12.8 Å². The molecular formula is C24H19FN4O2S. The second kappa shape index (κ2) is 7.80. The topological polar surface area (TPSA) is 75.5 Å². The number of aromatic nitrogens is 2. The fraction of sp³-hybridized carbons (Fsp3) is 0.125. The Hall–Kier alpha value is -3.65. The summed E-state index contributed by atoms with van der Waals surface area (Å²) in [5.74, 6) is -0.501. The number of hydrogen-bond acceptors (Lipinski definition) is 5. The van der Waals surface area contributed by atoms with Gasteiger partial charge in [-0.1, -0.05) is 35.9 Å². The summed E-state index contributed by atoms with van der Waals surface area (Å²) in [6.45, 7) is 1.99. The maximum absolute atomic E-state index is 13.5. The van der Waals surface area contributed by atoms with Crippen LogP contribution in [0, 0.1) is 12.7 Å². The van der Waals surface area contributed by atoms with Gasteiger partial charge in [-0.3, -0.25) is 9.97 Å². The highest BCUT2D eigenvalue weighted by Gasteiger charge is 2.37. The lowest BCUT2D eigenvalue weighted by molar-refractivity contribution is 0.371. The fourth-order valence-electron chi connectivity index (χ4n) is 3.78. The largest absolute Gasteiger partial charge is 0.279 e. The van der Waals surface area contributed by atoms with Crippen LogP contribution in [0.1, 0.15) is 29.2 Å². The van der Waals surface area contributed by atoms with Crippen molar-refractivity contribution in [3.63, 3.8) is 0 Å². The van der Waals surface area contributed by atoms with Crippen molar-refractivity contribution in [2.24, 2.45) is 5.10 Å². The number of rotatable bonds is 4. The summed E-state index contributed by atoms with van der Waals surface area (Å²) in [6.07, 6.45) is 3.61. The van der Waals surface area contributed by atoms with Crippen LogP contribution in [0.2, 0.25) is 0 Å². The molecular weight excluding hydrogens is 427 g/mol. The summed E-state index contributed by atoms with van der Waals surface area (Å²) < 4.78 is 41.5. The van der Waals surface area contributed by atoms with E-state index in [1.807, 2.05) is 49.4 Å². The van der Waals surface area contributed by atoms with Crippen LogP contribution in [0.5, 0.6) is 0 Å². The van der Waals surface area contributed by atoms with Crippen LogP contribution >= 0.6 is 0 Å². The second-order valence-electron chi connectivity index (χ2n) is 7.67. The molecule has 1 aromatic heterocycles. The summed E-state index contributed by atoms with van der Waals surface area (Å²) in [6, 6.07) is 17.5. The molecule has 1 aliphatic rings. The zero-order valence-electron chi connectivity index (χ0n) is 17.2. The van der Waals surface area contributed by atoms with Crippen LogP contribution in [0.3, 0.4) is 0 Å². The molecule has 0 amide bonds. The highest BCUT2D eigenvalue weighted by molar-refractivity contribution is 7.89. The molecule has 160 valence electrons. The van der Waals surface area contributed by atoms with Gasteiger partial charge in [0.2, 0.25) is 0 Å². The van der Waals surface area contributed by atoms with Crippen LogP contribution in [0.4, 0.5) is 4.39 Å². The minimum Gasteiger partial charge on any atom is -0.253 e. The molecule has 2 heterocycles. The van der Waals surface area contributed by atoms with Gasteiger partial charge in [-0.15, -0.1) is 0 Å². The lowest BCUT2D eigenvalue weighted by Crippen LogP contribution is -2.27. The predicted molar refractivity (Wildman–Crippen MR) is 120 cm³/mol. The lowest BCUT2D eigenvalue weighted by atomic mass is 9.98. The molecule has 1 aliphatic heterocycles. The average molecular weight is 447 g/mol. The Kier molecular flexibility index (Phi) is 4.94. The molecule has 0 saturated heterocycles. The first-order valence-electron chi connectivity index (χ1n) is 10.1. The van der Waals surface area contributed by atoms with Gasteiger partial charge in [0.05, 0.1) is 27.7 Å². The van der Waals surface area contributed by atoms with Crippen LogP contribution in [-0.4, -0.2) is 28.5 Å². The number of benzene rings is 3. The normalized spacial score (nSPS) is 16.4. The summed E-state index contributed by atoms with van der Waals surface area (Å²) in [4.78, 5) is 8.62. The Labute approximate surface area is 185 Å². The third-order valence-corrected chi connectivity index (χ3v) is 7.19. The van der Waals surface area contributed by atoms with Gasteiger partial charge in [-0.2, -0.15) is 17.9 Å². The first kappa shape index (κ1) is 20.3. The number of hydrogen-bond donors (Lipinski definition) is 0. The molecule has 8 heteroatoms. The first-order chi connectivity index (χ1) is 15.4. The SMILES string of the molecule is Cc1ccc(C2=NN(S(=O)(=O)c3ccc(F)cc3)[C@@H](c3ccc4nccnc4c3)C2)cc1. The zero-order valence-corrected chi connectivity index (χ0v) is 18.0. The number of halogens is 1. The number of sulfonamides is 1. The summed E-state index contributed by atoms with van der Waals surface area (Å²) >= 11 is 0. The molecule has 0 spiro atoms. The monoisotopic (exact) mass is 446 g/mol. The molecule has 0 unspecified atom stereocenters. The van der Waals surface area contributed by atoms with Gasteiger partial charge in [-0.05, 0) is 54.4 Å². The van der Waals surface area contributed by atoms with Crippen molar-refractivity contribution in [3.8, 4) is 0 Å². The van der Waals surface area contributed by atoms with Crippen LogP contribution < -0.4 is 0 Å². The quantitative estimate of drug-likeness (QED) is 0.459. The standard InChI is InChI=1S/C24H19FN4O2S/c1-16-2-4-17(5-3-16)22-15-24(18-6-11-21-23(14-18)27-13-12-26-21)29(28-22)32(30,31)20-9-7-19(25)8-10-20/h2-14,24H,15H2,1H3/t24-/m1/s1. The lowest BCUT2D eigenvalue weighted by Gasteiger charge is -2.23. The van der Waals surface area contributed by atoms with Crippen LogP contribution in [0.15, 0.2) is 89.1 Å². The van der Waals surface area contributed by atoms with Crippen LogP contribution in [0.25, 0.3) is 11.0 Å². The van der Waals surface area contributed by atoms with E-state index in [4.69, 9.17) is 0 Å². The van der Waals surface area contributed by atoms with Gasteiger partial charge in [0.1, 0.15) is 5.82 Å². The van der Waals surface area contributed by atoms with Crippen molar-refractivity contribution in [2.75, 3.05) is 0 Å². The molecule has 0 bridgehead atoms. The number of fused-ring (bicyclic) bond motifs is 1. The van der Waals surface area contributed by atoms with Gasteiger partial charge in [0.15, 0.2) is 0 Å². The van der Waals surface area contributed by atoms with Crippen molar-refractivity contribution in [3.05, 3.63) is 102 Å². The smallest absolute Gasteiger partial charge is 0.253 e. The minimum absolute atomic E-state index is 0.0154. The van der Waals surface area contributed by atoms with E-state index >= 15 is 0 Å². The highest BCUT2D eigenvalue weighted by Crippen LogP contribution is 2.37. The molecule has 6 nitrogen and oxygen atoms in total. The molecule has 1 atom stereocenters. The number of hydrazone groups is 1. The maximum Gasteiger partial charge on any atom is 0.279 e. The number of nitrogens with zero attached hydrogens (tertiary/aromatic N) is 4. The van der Waals surface area contributed by atoms with Gasteiger partial charge in [0.25, 0.3) is 10.0 Å². The highest BCUT2D eigenvalue weighted by atomic mass is 32.2. The van der Waals surface area contributed by atoms with E-state index < -0.39 is 21.9 Å². The third kappa shape index (κ3) is 3.62. The molecule has 0 aliphatic carbocycles. The van der Waals surface area contributed by atoms with Gasteiger partial charge in [0, 0.05) is 18.8 Å². The van der Waals surface area contributed by atoms with Gasteiger partial charge in [-0.25, -0.2) is 4.39 Å². The fourth-order valence-corrected chi connectivity index (χ4v) is 5.21. The van der Waals surface area contributed by atoms with Crippen molar-refractivity contribution in [1.29, 1.82) is 0 Å². The Bertz CT molecular complexity index is 1440. The third-order valence-electron chi connectivity index (χ3n) is 5.49. The van der Waals surface area contributed by atoms with Crippen molar-refractivity contribution >= 4 is 26.8 Å². The van der Waals surface area contributed by atoms with E-state index in [0.717, 1.165) is 38.8 Å². The Morgan fingerprint density at radius 1 is 0.906 bits per heavy atom. The Morgan fingerprint density at radius 2 is 1.59 bits per heavy atom. The molecule has 4 aromatic rings. The van der Waals surface area contributed by atoms with Crippen molar-refractivity contribution in [1.82, 2.24) is 14.4 Å². The molecule has 0 N–H and O–H groups in total. The molecule has 0 saturated carbocycles. The number of aryl methyl sites for hydroxylation is 1. The zero-order chi connectivity index (χ0) is 22.3. The summed E-state index contributed by atoms with van der Waals surface area (Å²) in [5.41, 5.74) is 4.79. The molecule has 0 fully saturated rings. The maximum atomic E-state index is 13.5. The Morgan fingerprint density at radius 3 is 2.31 bits per heavy atom. The Balaban J connectivity index is 1.62. The second-order valence-corrected chi connectivity index (χ2v) is 9.46. The predicted octanol–water partition coefficient (Wildman–Crippen LogP) is 4.62. The molecule has 32 heavy (non-hydrogen) atoms. The average Bonchev–Trinajstić information content (AvgIpc) is 3.26. The molecule has 3 aromatic carbocycles. The van der Waals surface area contributed by atoms with E-state index in [9.17, 15) is 12.8 Å². The van der Waals surface area contributed by atoms with Crippen molar-refractivity contribution in [2.45, 2.75) is 24.3 Å². The van der Waals surface area contributed by atoms with E-state index in [2.05, 4.69) is 15.1 Å². The summed E-state index contributed by atoms with van der Waals surface area (Å²) in [7, 11) is -4.01. The molecule has 5 rings (SSSR count). The van der Waals surface area contributed by atoms with E-state index in [-0.39, 0.29) is 4.90 Å². The minimum atomic E-state index is -4.01. The van der Waals surface area contributed by atoms with E-state index in [1.165, 1.54) is 12.1 Å².